The van der Waals surface area contributed by atoms with Gasteiger partial charge in [-0.3, -0.25) is 10.1 Å². The minimum absolute atomic E-state index is 0.0567. The lowest BCUT2D eigenvalue weighted by atomic mass is 10.2. The summed E-state index contributed by atoms with van der Waals surface area (Å²) < 4.78 is 0. The Morgan fingerprint density at radius 3 is 2.71 bits per heavy atom. The number of anilines is 2. The van der Waals surface area contributed by atoms with Crippen molar-refractivity contribution in [1.29, 1.82) is 0 Å². The zero-order valence-corrected chi connectivity index (χ0v) is 13.7. The van der Waals surface area contributed by atoms with E-state index in [-0.39, 0.29) is 16.7 Å². The minimum Gasteiger partial charge on any atom is -0.370 e. The van der Waals surface area contributed by atoms with Gasteiger partial charge < -0.3 is 10.6 Å². The molecule has 0 radical (unpaired) electrons. The number of nitrogens with one attached hydrogen (secondary N) is 2. The van der Waals surface area contributed by atoms with Crippen LogP contribution in [0.5, 0.6) is 0 Å². The van der Waals surface area contributed by atoms with E-state index in [1.807, 2.05) is 18.7 Å². The Labute approximate surface area is 130 Å². The molecule has 0 spiro atoms. The number of pyridine rings is 1. The Bertz CT molecular complexity index is 457. The second-order valence-corrected chi connectivity index (χ2v) is 6.20. The first-order valence-electron chi connectivity index (χ1n) is 7.31. The summed E-state index contributed by atoms with van der Waals surface area (Å²) in [6, 6.07) is 3.19. The first kappa shape index (κ1) is 17.6. The van der Waals surface area contributed by atoms with Gasteiger partial charge in [-0.1, -0.05) is 13.8 Å². The van der Waals surface area contributed by atoms with Gasteiger partial charge in [-0.15, -0.1) is 0 Å². The van der Waals surface area contributed by atoms with Crippen LogP contribution in [0.15, 0.2) is 12.1 Å². The molecule has 0 amide bonds. The molecule has 6 nitrogen and oxygen atoms in total. The van der Waals surface area contributed by atoms with Crippen LogP contribution in [-0.4, -0.2) is 34.0 Å². The molecule has 1 aromatic rings. The Kier molecular flexibility index (Phi) is 7.89. The number of nitrogens with zero attached hydrogens (tertiary/aromatic N) is 2. The van der Waals surface area contributed by atoms with E-state index in [0.29, 0.717) is 11.6 Å². The van der Waals surface area contributed by atoms with Gasteiger partial charge in [0.25, 0.3) is 5.69 Å². The van der Waals surface area contributed by atoms with Gasteiger partial charge in [0.2, 0.25) is 0 Å². The van der Waals surface area contributed by atoms with Crippen molar-refractivity contribution in [2.24, 2.45) is 0 Å². The predicted molar refractivity (Wildman–Crippen MR) is 90.4 cm³/mol. The highest BCUT2D eigenvalue weighted by Gasteiger charge is 2.12. The van der Waals surface area contributed by atoms with Gasteiger partial charge in [0.15, 0.2) is 0 Å². The van der Waals surface area contributed by atoms with Crippen molar-refractivity contribution in [3.05, 3.63) is 22.2 Å². The number of rotatable bonds is 10. The molecule has 0 aromatic carbocycles. The smallest absolute Gasteiger partial charge is 0.276 e. The zero-order chi connectivity index (χ0) is 15.7. The standard InChI is InChI=1S/C14H24N4O2S/c1-4-7-15-13-9-12(18(19)20)10-14(17-13)16-11(3)6-8-21-5-2/h9-11H,4-8H2,1-3H3,(H2,15,16,17). The minimum atomic E-state index is -0.387. The normalized spacial score (nSPS) is 12.0. The molecule has 0 saturated heterocycles. The second-order valence-electron chi connectivity index (χ2n) is 4.81. The summed E-state index contributed by atoms with van der Waals surface area (Å²) in [6.07, 6.45) is 1.94. The van der Waals surface area contributed by atoms with Crippen LogP contribution in [0, 0.1) is 10.1 Å². The molecule has 1 rings (SSSR count). The average molecular weight is 312 g/mol. The summed E-state index contributed by atoms with van der Waals surface area (Å²) >= 11 is 1.89. The third-order valence-electron chi connectivity index (χ3n) is 2.87. The fourth-order valence-corrected chi connectivity index (χ4v) is 2.58. The van der Waals surface area contributed by atoms with Crippen LogP contribution in [0.1, 0.15) is 33.6 Å². The third kappa shape index (κ3) is 6.66. The van der Waals surface area contributed by atoms with E-state index >= 15 is 0 Å². The third-order valence-corrected chi connectivity index (χ3v) is 3.80. The maximum atomic E-state index is 11.0. The zero-order valence-electron chi connectivity index (χ0n) is 12.9. The Morgan fingerprint density at radius 2 is 2.10 bits per heavy atom. The lowest BCUT2D eigenvalue weighted by Crippen LogP contribution is -2.17. The highest BCUT2D eigenvalue weighted by molar-refractivity contribution is 7.99. The maximum absolute atomic E-state index is 11.0. The van der Waals surface area contributed by atoms with Gasteiger partial charge in [0, 0.05) is 12.6 Å². The van der Waals surface area contributed by atoms with Crippen molar-refractivity contribution in [3.63, 3.8) is 0 Å². The molecule has 0 fully saturated rings. The number of nitro groups is 1. The van der Waals surface area contributed by atoms with Gasteiger partial charge in [0.05, 0.1) is 17.1 Å². The van der Waals surface area contributed by atoms with Gasteiger partial charge in [-0.05, 0) is 31.3 Å². The first-order valence-corrected chi connectivity index (χ1v) is 8.46. The molecule has 1 heterocycles. The lowest BCUT2D eigenvalue weighted by Gasteiger charge is -2.15. The summed E-state index contributed by atoms with van der Waals surface area (Å²) in [4.78, 5) is 15.0. The summed E-state index contributed by atoms with van der Waals surface area (Å²) in [5.74, 6) is 3.27. The Morgan fingerprint density at radius 1 is 1.38 bits per heavy atom. The summed E-state index contributed by atoms with van der Waals surface area (Å²) in [7, 11) is 0. The maximum Gasteiger partial charge on any atom is 0.276 e. The topological polar surface area (TPSA) is 80.1 Å². The van der Waals surface area contributed by atoms with Gasteiger partial charge >= 0.3 is 0 Å². The van der Waals surface area contributed by atoms with E-state index in [9.17, 15) is 10.1 Å². The van der Waals surface area contributed by atoms with E-state index in [4.69, 9.17) is 0 Å². The molecule has 0 saturated carbocycles. The molecule has 0 aliphatic heterocycles. The van der Waals surface area contributed by atoms with Crippen LogP contribution in [0.25, 0.3) is 0 Å². The number of hydrogen-bond donors (Lipinski definition) is 2. The number of aromatic nitrogens is 1. The quantitative estimate of drug-likeness (QED) is 0.389. The van der Waals surface area contributed by atoms with E-state index in [0.717, 1.165) is 30.9 Å². The summed E-state index contributed by atoms with van der Waals surface area (Å²) in [6.45, 7) is 6.99. The average Bonchev–Trinajstić information content (AvgIpc) is 2.45. The Hall–Kier alpha value is -1.50. The van der Waals surface area contributed by atoms with Crippen LogP contribution in [-0.2, 0) is 0 Å². The van der Waals surface area contributed by atoms with Crippen molar-refractivity contribution >= 4 is 29.1 Å². The number of hydrogen-bond acceptors (Lipinski definition) is 6. The van der Waals surface area contributed by atoms with Gasteiger partial charge in [0.1, 0.15) is 11.6 Å². The molecule has 0 aliphatic carbocycles. The van der Waals surface area contributed by atoms with Crippen LogP contribution < -0.4 is 10.6 Å². The number of thioether (sulfide) groups is 1. The van der Waals surface area contributed by atoms with Crippen LogP contribution in [0.2, 0.25) is 0 Å². The molecule has 1 atom stereocenters. The first-order chi connectivity index (χ1) is 10.1. The molecule has 7 heteroatoms. The molecular formula is C14H24N4O2S. The van der Waals surface area contributed by atoms with Crippen molar-refractivity contribution in [1.82, 2.24) is 4.98 Å². The van der Waals surface area contributed by atoms with E-state index in [1.54, 1.807) is 0 Å². The molecule has 1 aromatic heterocycles. The van der Waals surface area contributed by atoms with Crippen LogP contribution >= 0.6 is 11.8 Å². The van der Waals surface area contributed by atoms with Crippen molar-refractivity contribution in [2.45, 2.75) is 39.7 Å². The van der Waals surface area contributed by atoms with Crippen LogP contribution in [0.3, 0.4) is 0 Å². The van der Waals surface area contributed by atoms with Crippen molar-refractivity contribution in [3.8, 4) is 0 Å². The van der Waals surface area contributed by atoms with Crippen molar-refractivity contribution in [2.75, 3.05) is 28.7 Å². The summed E-state index contributed by atoms with van der Waals surface area (Å²) in [5.41, 5.74) is 0.0567. The molecule has 2 N–H and O–H groups in total. The highest BCUT2D eigenvalue weighted by atomic mass is 32.2. The van der Waals surface area contributed by atoms with E-state index in [1.165, 1.54) is 12.1 Å². The fourth-order valence-electron chi connectivity index (χ4n) is 1.77. The van der Waals surface area contributed by atoms with Gasteiger partial charge in [-0.2, -0.15) is 11.8 Å². The van der Waals surface area contributed by atoms with Crippen molar-refractivity contribution < 1.29 is 4.92 Å². The van der Waals surface area contributed by atoms with Crippen LogP contribution in [0.4, 0.5) is 17.3 Å². The van der Waals surface area contributed by atoms with E-state index < -0.39 is 0 Å². The largest absolute Gasteiger partial charge is 0.370 e. The fraction of sp³-hybridized carbons (Fsp3) is 0.643. The van der Waals surface area contributed by atoms with Gasteiger partial charge in [-0.25, -0.2) is 4.98 Å². The predicted octanol–water partition coefficient (Wildman–Crippen LogP) is 3.76. The molecule has 0 aliphatic rings. The highest BCUT2D eigenvalue weighted by Crippen LogP contribution is 2.21. The second kappa shape index (κ2) is 9.44. The lowest BCUT2D eigenvalue weighted by molar-refractivity contribution is -0.384. The molecule has 1 unspecified atom stereocenters. The summed E-state index contributed by atoms with van der Waals surface area (Å²) in [5, 5.41) is 17.3. The SMILES string of the molecule is CCCNc1cc([N+](=O)[O-])cc(NC(C)CCSCC)n1. The molecular weight excluding hydrogens is 288 g/mol. The molecule has 118 valence electrons. The monoisotopic (exact) mass is 312 g/mol. The molecule has 0 bridgehead atoms. The molecule has 21 heavy (non-hydrogen) atoms. The Balaban J connectivity index is 2.74. The van der Waals surface area contributed by atoms with E-state index in [2.05, 4.69) is 29.5 Å².